The number of amidine groups is 1. The van der Waals surface area contributed by atoms with Crippen LogP contribution in [0.3, 0.4) is 0 Å². The van der Waals surface area contributed by atoms with Crippen molar-refractivity contribution in [2.45, 2.75) is 13.8 Å². The fourth-order valence-corrected chi connectivity index (χ4v) is 0.387. The molecule has 46 valence electrons. The third-order valence-electron chi connectivity index (χ3n) is 0.636. The zero-order valence-corrected chi connectivity index (χ0v) is 5.31. The maximum atomic E-state index is 3.99. The molecule has 0 saturated heterocycles. The van der Waals surface area contributed by atoms with Crippen molar-refractivity contribution in [3.63, 3.8) is 0 Å². The molecule has 0 fully saturated rings. The van der Waals surface area contributed by atoms with Gasteiger partial charge in [-0.3, -0.25) is 10.4 Å². The molecule has 0 aliphatic heterocycles. The molecule has 0 aliphatic carbocycles. The fraction of sp³-hybridized carbons (Fsp3) is 0.600. The van der Waals surface area contributed by atoms with E-state index in [1.54, 1.807) is 0 Å². The van der Waals surface area contributed by atoms with Crippen LogP contribution in [0.5, 0.6) is 0 Å². The first kappa shape index (κ1) is 7.14. The van der Waals surface area contributed by atoms with Gasteiger partial charge in [-0.2, -0.15) is 5.10 Å². The van der Waals surface area contributed by atoms with Crippen molar-refractivity contribution in [2.24, 2.45) is 10.1 Å². The Labute approximate surface area is 49.5 Å². The van der Waals surface area contributed by atoms with Crippen LogP contribution in [0.15, 0.2) is 10.1 Å². The predicted octanol–water partition coefficient (Wildman–Crippen LogP) is 0.630. The van der Waals surface area contributed by atoms with Crippen LogP contribution in [-0.4, -0.2) is 19.1 Å². The van der Waals surface area contributed by atoms with E-state index in [2.05, 4.69) is 22.2 Å². The van der Waals surface area contributed by atoms with Gasteiger partial charge in [0.1, 0.15) is 5.84 Å². The number of nitrogens with one attached hydrogen (secondary N) is 1. The molecule has 0 aromatic heterocycles. The second kappa shape index (κ2) is 4.30. The van der Waals surface area contributed by atoms with E-state index in [0.717, 1.165) is 12.4 Å². The maximum Gasteiger partial charge on any atom is 0.113 e. The van der Waals surface area contributed by atoms with Gasteiger partial charge in [-0.1, -0.05) is 0 Å². The monoisotopic (exact) mass is 113 g/mol. The first-order valence-electron chi connectivity index (χ1n) is 2.54. The van der Waals surface area contributed by atoms with Gasteiger partial charge in [0.15, 0.2) is 0 Å². The highest BCUT2D eigenvalue weighted by molar-refractivity contribution is 5.79. The van der Waals surface area contributed by atoms with Crippen molar-refractivity contribution in [1.29, 1.82) is 0 Å². The quantitative estimate of drug-likeness (QED) is 0.318. The average Bonchev–Trinajstić information content (AvgIpc) is 1.68. The second-order valence-electron chi connectivity index (χ2n) is 1.33. The predicted molar refractivity (Wildman–Crippen MR) is 36.3 cm³/mol. The molecule has 3 heteroatoms. The lowest BCUT2D eigenvalue weighted by atomic mass is 10.7. The van der Waals surface area contributed by atoms with E-state index in [0.29, 0.717) is 0 Å². The van der Waals surface area contributed by atoms with Gasteiger partial charge in [0.05, 0.1) is 0 Å². The second-order valence-corrected chi connectivity index (χ2v) is 1.33. The Kier molecular flexibility index (Phi) is 3.84. The molecular weight excluding hydrogens is 102 g/mol. The topological polar surface area (TPSA) is 36.8 Å². The van der Waals surface area contributed by atoms with Crippen LogP contribution in [0.25, 0.3) is 0 Å². The Balaban J connectivity index is 3.44. The average molecular weight is 113 g/mol. The number of hydrogen-bond acceptors (Lipinski definition) is 2. The van der Waals surface area contributed by atoms with Crippen molar-refractivity contribution in [2.75, 3.05) is 6.54 Å². The van der Waals surface area contributed by atoms with E-state index in [1.165, 1.54) is 0 Å². The Morgan fingerprint density at radius 2 is 2.38 bits per heavy atom. The number of aliphatic imine (C=N–C) groups is 1. The van der Waals surface area contributed by atoms with Crippen LogP contribution < -0.4 is 5.43 Å². The number of nitrogens with zero attached hydrogens (tertiary/aromatic N) is 2. The molecule has 1 N–H and O–H groups in total. The molecule has 0 spiro atoms. The molecule has 0 bridgehead atoms. The molecule has 0 unspecified atom stereocenters. The molecule has 0 amide bonds. The summed E-state index contributed by atoms with van der Waals surface area (Å²) < 4.78 is 0. The normalized spacial score (nSPS) is 11.0. The lowest BCUT2D eigenvalue weighted by Crippen LogP contribution is -2.12. The van der Waals surface area contributed by atoms with Gasteiger partial charge >= 0.3 is 0 Å². The minimum atomic E-state index is 0.786. The third-order valence-corrected chi connectivity index (χ3v) is 0.636. The van der Waals surface area contributed by atoms with Gasteiger partial charge in [0.2, 0.25) is 0 Å². The summed E-state index contributed by atoms with van der Waals surface area (Å²) in [4.78, 5) is 3.99. The minimum Gasteiger partial charge on any atom is -0.272 e. The molecule has 3 nitrogen and oxygen atoms in total. The summed E-state index contributed by atoms with van der Waals surface area (Å²) in [6.07, 6.45) is 0. The third kappa shape index (κ3) is 3.33. The zero-order valence-electron chi connectivity index (χ0n) is 5.31. The van der Waals surface area contributed by atoms with Crippen LogP contribution in [0, 0.1) is 0 Å². The standard InChI is InChI=1S/C5H11N3/c1-4-7-5(2)8-6-3/h3-4H2,1-2H3,(H,7,8). The Morgan fingerprint density at radius 3 is 2.75 bits per heavy atom. The first-order chi connectivity index (χ1) is 3.81. The van der Waals surface area contributed by atoms with Crippen LogP contribution in [0.1, 0.15) is 13.8 Å². The molecule has 8 heavy (non-hydrogen) atoms. The largest absolute Gasteiger partial charge is 0.272 e. The molecule has 0 aromatic carbocycles. The Bertz CT molecular complexity index is 95.8. The summed E-state index contributed by atoms with van der Waals surface area (Å²) >= 11 is 0. The van der Waals surface area contributed by atoms with Gasteiger partial charge in [-0.25, -0.2) is 0 Å². The lowest BCUT2D eigenvalue weighted by molar-refractivity contribution is 0.994. The number of hydrazone groups is 1. The molecular formula is C5H11N3. The minimum absolute atomic E-state index is 0.786. The van der Waals surface area contributed by atoms with E-state index in [1.807, 2.05) is 13.8 Å². The highest BCUT2D eigenvalue weighted by Gasteiger charge is 1.78. The lowest BCUT2D eigenvalue weighted by Gasteiger charge is -1.93. The highest BCUT2D eigenvalue weighted by Crippen LogP contribution is 1.70. The van der Waals surface area contributed by atoms with Crippen LogP contribution in [0.2, 0.25) is 0 Å². The summed E-state index contributed by atoms with van der Waals surface area (Å²) in [6.45, 7) is 7.84. The fourth-order valence-electron chi connectivity index (χ4n) is 0.387. The Morgan fingerprint density at radius 1 is 1.75 bits per heavy atom. The molecule has 0 atom stereocenters. The van der Waals surface area contributed by atoms with Gasteiger partial charge < -0.3 is 0 Å². The molecule has 0 aromatic rings. The number of rotatable bonds is 2. The van der Waals surface area contributed by atoms with E-state index in [9.17, 15) is 0 Å². The summed E-state index contributed by atoms with van der Waals surface area (Å²) in [5.41, 5.74) is 2.61. The summed E-state index contributed by atoms with van der Waals surface area (Å²) in [6, 6.07) is 0. The molecule has 0 aliphatic rings. The van der Waals surface area contributed by atoms with Crippen LogP contribution in [-0.2, 0) is 0 Å². The van der Waals surface area contributed by atoms with Gasteiger partial charge in [0.25, 0.3) is 0 Å². The van der Waals surface area contributed by atoms with E-state index < -0.39 is 0 Å². The van der Waals surface area contributed by atoms with Gasteiger partial charge in [-0.05, 0) is 13.8 Å². The van der Waals surface area contributed by atoms with E-state index in [4.69, 9.17) is 0 Å². The maximum absolute atomic E-state index is 3.99. The molecule has 0 radical (unpaired) electrons. The van der Waals surface area contributed by atoms with E-state index in [-0.39, 0.29) is 0 Å². The van der Waals surface area contributed by atoms with Crippen molar-refractivity contribution in [3.05, 3.63) is 0 Å². The van der Waals surface area contributed by atoms with Crippen molar-refractivity contribution >= 4 is 12.6 Å². The SMILES string of the molecule is C=NN/C(C)=N\CC. The Hall–Kier alpha value is -0.860. The van der Waals surface area contributed by atoms with E-state index >= 15 is 0 Å². The number of hydrogen-bond donors (Lipinski definition) is 1. The van der Waals surface area contributed by atoms with Crippen molar-refractivity contribution in [1.82, 2.24) is 5.43 Å². The summed E-state index contributed by atoms with van der Waals surface area (Å²) in [7, 11) is 0. The summed E-state index contributed by atoms with van der Waals surface area (Å²) in [5.74, 6) is 0.808. The summed E-state index contributed by atoms with van der Waals surface area (Å²) in [5, 5.41) is 3.42. The zero-order chi connectivity index (χ0) is 6.41. The van der Waals surface area contributed by atoms with Crippen LogP contribution >= 0.6 is 0 Å². The molecule has 0 rings (SSSR count). The molecule has 0 saturated carbocycles. The first-order valence-corrected chi connectivity index (χ1v) is 2.54. The highest BCUT2D eigenvalue weighted by atomic mass is 15.3. The molecule has 0 heterocycles. The van der Waals surface area contributed by atoms with Gasteiger partial charge in [0, 0.05) is 13.3 Å². The van der Waals surface area contributed by atoms with Gasteiger partial charge in [-0.15, -0.1) is 0 Å². The van der Waals surface area contributed by atoms with Crippen molar-refractivity contribution in [3.8, 4) is 0 Å². The smallest absolute Gasteiger partial charge is 0.113 e. The van der Waals surface area contributed by atoms with Crippen LogP contribution in [0.4, 0.5) is 0 Å². The van der Waals surface area contributed by atoms with Crippen molar-refractivity contribution < 1.29 is 0 Å².